The van der Waals surface area contributed by atoms with Crippen LogP contribution in [0.15, 0.2) is 59.5 Å². The lowest BCUT2D eigenvalue weighted by atomic mass is 10.2. The Kier molecular flexibility index (Phi) is 3.70. The zero-order valence-electron chi connectivity index (χ0n) is 11.7. The standard InChI is InChI=1S/C17H17NOS/c1-18-14(12-20-16-6-4-3-5-7-16)10-13-11-15(19-2)8-9-17(13)18/h3-11H,12H2,1-2H3. The van der Waals surface area contributed by atoms with Gasteiger partial charge in [0.2, 0.25) is 0 Å². The summed E-state index contributed by atoms with van der Waals surface area (Å²) in [5.41, 5.74) is 2.57. The van der Waals surface area contributed by atoms with Crippen LogP contribution in [-0.2, 0) is 12.8 Å². The summed E-state index contributed by atoms with van der Waals surface area (Å²) < 4.78 is 7.54. The molecule has 0 amide bonds. The van der Waals surface area contributed by atoms with Crippen molar-refractivity contribution >= 4 is 22.7 Å². The van der Waals surface area contributed by atoms with Crippen molar-refractivity contribution in [1.29, 1.82) is 0 Å². The molecule has 0 unspecified atom stereocenters. The summed E-state index contributed by atoms with van der Waals surface area (Å²) >= 11 is 1.86. The van der Waals surface area contributed by atoms with Crippen molar-refractivity contribution in [3.05, 3.63) is 60.3 Å². The monoisotopic (exact) mass is 283 g/mol. The van der Waals surface area contributed by atoms with Crippen LogP contribution in [0.25, 0.3) is 10.9 Å². The molecule has 0 aliphatic heterocycles. The second-order valence-corrected chi connectivity index (χ2v) is 5.77. The summed E-state index contributed by atoms with van der Waals surface area (Å²) in [5.74, 6) is 1.88. The number of methoxy groups -OCH3 is 1. The summed E-state index contributed by atoms with van der Waals surface area (Å²) in [6.45, 7) is 0. The van der Waals surface area contributed by atoms with Gasteiger partial charge in [-0.3, -0.25) is 0 Å². The van der Waals surface area contributed by atoms with Gasteiger partial charge in [0.05, 0.1) is 7.11 Å². The Morgan fingerprint density at radius 3 is 2.60 bits per heavy atom. The lowest BCUT2D eigenvalue weighted by Crippen LogP contribution is -1.93. The van der Waals surface area contributed by atoms with Gasteiger partial charge >= 0.3 is 0 Å². The van der Waals surface area contributed by atoms with Crippen LogP contribution < -0.4 is 4.74 Å². The van der Waals surface area contributed by atoms with Gasteiger partial charge in [0.15, 0.2) is 0 Å². The number of aryl methyl sites for hydroxylation is 1. The third-order valence-corrected chi connectivity index (χ3v) is 4.52. The molecule has 0 saturated carbocycles. The Labute approximate surface area is 123 Å². The molecule has 1 heterocycles. The maximum Gasteiger partial charge on any atom is 0.119 e. The van der Waals surface area contributed by atoms with Gasteiger partial charge in [0.1, 0.15) is 5.75 Å². The Hall–Kier alpha value is -1.87. The number of thioether (sulfide) groups is 1. The van der Waals surface area contributed by atoms with E-state index < -0.39 is 0 Å². The van der Waals surface area contributed by atoms with Crippen LogP contribution in [0.2, 0.25) is 0 Å². The lowest BCUT2D eigenvalue weighted by Gasteiger charge is -2.04. The second kappa shape index (κ2) is 5.63. The van der Waals surface area contributed by atoms with E-state index in [4.69, 9.17) is 4.74 Å². The van der Waals surface area contributed by atoms with Crippen molar-refractivity contribution < 1.29 is 4.74 Å². The first-order valence-electron chi connectivity index (χ1n) is 6.58. The maximum atomic E-state index is 5.29. The highest BCUT2D eigenvalue weighted by Gasteiger charge is 2.07. The summed E-state index contributed by atoms with van der Waals surface area (Å²) in [7, 11) is 3.83. The topological polar surface area (TPSA) is 14.2 Å². The Bertz CT molecular complexity index is 718. The summed E-state index contributed by atoms with van der Waals surface area (Å²) in [6, 6.07) is 19.0. The molecule has 0 aliphatic carbocycles. The highest BCUT2D eigenvalue weighted by molar-refractivity contribution is 7.98. The van der Waals surface area contributed by atoms with E-state index in [0.29, 0.717) is 0 Å². The van der Waals surface area contributed by atoms with E-state index in [1.807, 2.05) is 23.9 Å². The fourth-order valence-corrected chi connectivity index (χ4v) is 3.27. The number of benzene rings is 2. The number of nitrogens with zero attached hydrogens (tertiary/aromatic N) is 1. The van der Waals surface area contributed by atoms with Gasteiger partial charge in [0.25, 0.3) is 0 Å². The summed E-state index contributed by atoms with van der Waals surface area (Å²) in [5, 5.41) is 1.23. The first-order chi connectivity index (χ1) is 9.78. The van der Waals surface area contributed by atoms with E-state index in [2.05, 4.69) is 54.1 Å². The predicted molar refractivity (Wildman–Crippen MR) is 85.5 cm³/mol. The Balaban J connectivity index is 1.86. The molecule has 3 heteroatoms. The first-order valence-corrected chi connectivity index (χ1v) is 7.56. The van der Waals surface area contributed by atoms with E-state index in [9.17, 15) is 0 Å². The van der Waals surface area contributed by atoms with Crippen molar-refractivity contribution in [3.8, 4) is 5.75 Å². The van der Waals surface area contributed by atoms with Crippen LogP contribution in [0.1, 0.15) is 5.69 Å². The molecular formula is C17H17NOS. The average molecular weight is 283 g/mol. The summed E-state index contributed by atoms with van der Waals surface area (Å²) in [4.78, 5) is 1.30. The number of aromatic nitrogens is 1. The van der Waals surface area contributed by atoms with Crippen molar-refractivity contribution in [2.45, 2.75) is 10.6 Å². The number of ether oxygens (including phenoxy) is 1. The van der Waals surface area contributed by atoms with Crippen molar-refractivity contribution in [1.82, 2.24) is 4.57 Å². The highest BCUT2D eigenvalue weighted by Crippen LogP contribution is 2.28. The molecule has 0 spiro atoms. The van der Waals surface area contributed by atoms with Crippen molar-refractivity contribution in [2.24, 2.45) is 7.05 Å². The number of hydrogen-bond donors (Lipinski definition) is 0. The third-order valence-electron chi connectivity index (χ3n) is 3.48. The molecule has 0 saturated heterocycles. The van der Waals surface area contributed by atoms with Crippen LogP contribution in [0.5, 0.6) is 5.75 Å². The van der Waals surface area contributed by atoms with E-state index in [1.165, 1.54) is 21.5 Å². The SMILES string of the molecule is COc1ccc2c(c1)cc(CSc1ccccc1)n2C. The molecule has 1 aromatic heterocycles. The third kappa shape index (κ3) is 2.54. The number of fused-ring (bicyclic) bond motifs is 1. The molecule has 0 aliphatic rings. The van der Waals surface area contributed by atoms with Crippen LogP contribution in [0.3, 0.4) is 0 Å². The molecule has 0 atom stereocenters. The zero-order chi connectivity index (χ0) is 13.9. The molecule has 2 aromatic carbocycles. The van der Waals surface area contributed by atoms with Gasteiger partial charge in [-0.2, -0.15) is 0 Å². The van der Waals surface area contributed by atoms with E-state index in [0.717, 1.165) is 11.5 Å². The Morgan fingerprint density at radius 2 is 1.85 bits per heavy atom. The molecular weight excluding hydrogens is 266 g/mol. The molecule has 20 heavy (non-hydrogen) atoms. The van der Waals surface area contributed by atoms with Crippen LogP contribution in [-0.4, -0.2) is 11.7 Å². The second-order valence-electron chi connectivity index (χ2n) is 4.72. The fraction of sp³-hybridized carbons (Fsp3) is 0.176. The molecule has 102 valence electrons. The quantitative estimate of drug-likeness (QED) is 0.655. The maximum absolute atomic E-state index is 5.29. The van der Waals surface area contributed by atoms with E-state index in [1.54, 1.807) is 7.11 Å². The first kappa shape index (κ1) is 13.1. The van der Waals surface area contributed by atoms with Gasteiger partial charge in [-0.15, -0.1) is 11.8 Å². The van der Waals surface area contributed by atoms with Gasteiger partial charge < -0.3 is 9.30 Å². The normalized spacial score (nSPS) is 10.9. The smallest absolute Gasteiger partial charge is 0.119 e. The van der Waals surface area contributed by atoms with Crippen LogP contribution >= 0.6 is 11.8 Å². The molecule has 3 aromatic rings. The molecule has 3 rings (SSSR count). The molecule has 0 bridgehead atoms. The highest BCUT2D eigenvalue weighted by atomic mass is 32.2. The predicted octanol–water partition coefficient (Wildman–Crippen LogP) is 4.48. The minimum atomic E-state index is 0.908. The van der Waals surface area contributed by atoms with Crippen LogP contribution in [0.4, 0.5) is 0 Å². The minimum absolute atomic E-state index is 0.908. The Morgan fingerprint density at radius 1 is 1.05 bits per heavy atom. The average Bonchev–Trinajstić information content (AvgIpc) is 2.82. The molecule has 0 fully saturated rings. The molecule has 0 radical (unpaired) electrons. The van der Waals surface area contributed by atoms with E-state index >= 15 is 0 Å². The largest absolute Gasteiger partial charge is 0.497 e. The number of hydrogen-bond acceptors (Lipinski definition) is 2. The van der Waals surface area contributed by atoms with Gasteiger partial charge in [-0.05, 0) is 36.4 Å². The van der Waals surface area contributed by atoms with Gasteiger partial charge in [-0.25, -0.2) is 0 Å². The summed E-state index contributed by atoms with van der Waals surface area (Å²) in [6.07, 6.45) is 0. The minimum Gasteiger partial charge on any atom is -0.497 e. The van der Waals surface area contributed by atoms with Gasteiger partial charge in [-0.1, -0.05) is 18.2 Å². The molecule has 0 N–H and O–H groups in total. The van der Waals surface area contributed by atoms with Gasteiger partial charge in [0, 0.05) is 34.3 Å². The number of rotatable bonds is 4. The zero-order valence-corrected chi connectivity index (χ0v) is 12.5. The van der Waals surface area contributed by atoms with E-state index in [-0.39, 0.29) is 0 Å². The van der Waals surface area contributed by atoms with Crippen molar-refractivity contribution in [3.63, 3.8) is 0 Å². The lowest BCUT2D eigenvalue weighted by molar-refractivity contribution is 0.415. The van der Waals surface area contributed by atoms with Crippen LogP contribution in [0, 0.1) is 0 Å². The molecule has 2 nitrogen and oxygen atoms in total. The van der Waals surface area contributed by atoms with Crippen molar-refractivity contribution in [2.75, 3.05) is 7.11 Å². The fourth-order valence-electron chi connectivity index (χ4n) is 2.32.